The highest BCUT2D eigenvalue weighted by Crippen LogP contribution is 2.21. The Balaban J connectivity index is 1.63. The maximum absolute atomic E-state index is 12.3. The van der Waals surface area contributed by atoms with Crippen molar-refractivity contribution in [1.29, 1.82) is 0 Å². The summed E-state index contributed by atoms with van der Waals surface area (Å²) in [5.41, 5.74) is 2.62. The van der Waals surface area contributed by atoms with E-state index in [1.165, 1.54) is 0 Å². The Labute approximate surface area is 133 Å². The normalized spacial score (nSPS) is 14.7. The maximum Gasteiger partial charge on any atom is 0.254 e. The van der Waals surface area contributed by atoms with Gasteiger partial charge >= 0.3 is 0 Å². The van der Waals surface area contributed by atoms with Crippen LogP contribution in [0.4, 0.5) is 11.4 Å². The Bertz CT molecular complexity index is 649. The van der Waals surface area contributed by atoms with Gasteiger partial charge < -0.3 is 15.1 Å². The lowest BCUT2D eigenvalue weighted by Gasteiger charge is -2.36. The van der Waals surface area contributed by atoms with Gasteiger partial charge in [0, 0.05) is 42.9 Å². The third-order valence-electron chi connectivity index (χ3n) is 3.77. The summed E-state index contributed by atoms with van der Waals surface area (Å²) >= 11 is 1.54. The molecule has 0 atom stereocenters. The van der Waals surface area contributed by atoms with Crippen molar-refractivity contribution < 1.29 is 9.59 Å². The van der Waals surface area contributed by atoms with Gasteiger partial charge in [0.1, 0.15) is 0 Å². The summed E-state index contributed by atoms with van der Waals surface area (Å²) in [5.74, 6) is 0.109. The Morgan fingerprint density at radius 1 is 1.18 bits per heavy atom. The highest BCUT2D eigenvalue weighted by atomic mass is 32.1. The fourth-order valence-electron chi connectivity index (χ4n) is 2.60. The third-order valence-corrected chi connectivity index (χ3v) is 4.46. The summed E-state index contributed by atoms with van der Waals surface area (Å²) < 4.78 is 0. The summed E-state index contributed by atoms with van der Waals surface area (Å²) in [6, 6.07) is 9.61. The number of anilines is 2. The highest BCUT2D eigenvalue weighted by molar-refractivity contribution is 7.08. The maximum atomic E-state index is 12.3. The molecule has 2 aromatic rings. The predicted octanol–water partition coefficient (Wildman–Crippen LogP) is 2.28. The molecular formula is C16H17N3O2S. The molecular weight excluding hydrogens is 298 g/mol. The first-order valence-electron chi connectivity index (χ1n) is 7.14. The highest BCUT2D eigenvalue weighted by Gasteiger charge is 2.22. The molecule has 114 valence electrons. The van der Waals surface area contributed by atoms with Gasteiger partial charge in [-0.1, -0.05) is 6.07 Å². The topological polar surface area (TPSA) is 52.7 Å². The van der Waals surface area contributed by atoms with Gasteiger partial charge in [-0.2, -0.15) is 11.3 Å². The smallest absolute Gasteiger partial charge is 0.254 e. The molecule has 1 aromatic carbocycles. The van der Waals surface area contributed by atoms with Gasteiger partial charge in [0.05, 0.1) is 5.56 Å². The van der Waals surface area contributed by atoms with E-state index in [1.807, 2.05) is 46.0 Å². The van der Waals surface area contributed by atoms with Gasteiger partial charge in [-0.05, 0) is 29.6 Å². The van der Waals surface area contributed by atoms with Crippen LogP contribution in [0.2, 0.25) is 0 Å². The van der Waals surface area contributed by atoms with Crippen LogP contribution in [-0.2, 0) is 4.79 Å². The number of hydrogen-bond donors (Lipinski definition) is 1. The second-order valence-electron chi connectivity index (χ2n) is 5.10. The van der Waals surface area contributed by atoms with E-state index in [0.29, 0.717) is 19.5 Å². The molecule has 1 N–H and O–H groups in total. The number of carbonyl (C=O) groups excluding carboxylic acids is 2. The monoisotopic (exact) mass is 315 g/mol. The number of benzene rings is 1. The fraction of sp³-hybridized carbons (Fsp3) is 0.250. The molecule has 1 aromatic heterocycles. The number of piperazine rings is 1. The van der Waals surface area contributed by atoms with Crippen LogP contribution in [0, 0.1) is 0 Å². The van der Waals surface area contributed by atoms with Crippen molar-refractivity contribution in [3.05, 3.63) is 46.7 Å². The van der Waals surface area contributed by atoms with Crippen LogP contribution < -0.4 is 10.2 Å². The number of thiophene rings is 1. The van der Waals surface area contributed by atoms with Crippen LogP contribution in [0.1, 0.15) is 10.4 Å². The van der Waals surface area contributed by atoms with Crippen LogP contribution in [-0.4, -0.2) is 43.4 Å². The second kappa shape index (κ2) is 6.62. The van der Waals surface area contributed by atoms with Crippen molar-refractivity contribution in [1.82, 2.24) is 4.90 Å². The number of rotatable bonds is 4. The Morgan fingerprint density at radius 3 is 2.68 bits per heavy atom. The van der Waals surface area contributed by atoms with Gasteiger partial charge in [0.25, 0.3) is 5.91 Å². The van der Waals surface area contributed by atoms with Crippen molar-refractivity contribution in [2.24, 2.45) is 0 Å². The van der Waals surface area contributed by atoms with Crippen molar-refractivity contribution in [2.45, 2.75) is 0 Å². The molecule has 1 fully saturated rings. The minimum atomic E-state index is 0.109. The summed E-state index contributed by atoms with van der Waals surface area (Å²) in [7, 11) is 0. The first-order chi connectivity index (χ1) is 10.8. The van der Waals surface area contributed by atoms with Gasteiger partial charge in [-0.25, -0.2) is 0 Å². The summed E-state index contributed by atoms with van der Waals surface area (Å²) in [6.07, 6.45) is 0.677. The number of amides is 2. The number of hydrogen-bond acceptors (Lipinski definition) is 4. The molecule has 0 radical (unpaired) electrons. The first kappa shape index (κ1) is 14.6. The lowest BCUT2D eigenvalue weighted by molar-refractivity contribution is -0.105. The number of nitrogens with one attached hydrogen (secondary N) is 1. The van der Waals surface area contributed by atoms with Gasteiger partial charge in [-0.15, -0.1) is 0 Å². The van der Waals surface area contributed by atoms with Gasteiger partial charge in [-0.3, -0.25) is 9.59 Å². The van der Waals surface area contributed by atoms with Gasteiger partial charge in [0.2, 0.25) is 6.41 Å². The van der Waals surface area contributed by atoms with Crippen molar-refractivity contribution in [2.75, 3.05) is 36.4 Å². The van der Waals surface area contributed by atoms with Crippen molar-refractivity contribution >= 4 is 35.0 Å². The van der Waals surface area contributed by atoms with Crippen LogP contribution in [0.5, 0.6) is 0 Å². The molecule has 1 aliphatic heterocycles. The average Bonchev–Trinajstić information content (AvgIpc) is 3.09. The zero-order valence-electron chi connectivity index (χ0n) is 12.1. The van der Waals surface area contributed by atoms with E-state index in [4.69, 9.17) is 0 Å². The summed E-state index contributed by atoms with van der Waals surface area (Å²) in [4.78, 5) is 27.0. The molecule has 2 amide bonds. The van der Waals surface area contributed by atoms with E-state index in [9.17, 15) is 9.59 Å². The van der Waals surface area contributed by atoms with Crippen molar-refractivity contribution in [3.8, 4) is 0 Å². The zero-order valence-corrected chi connectivity index (χ0v) is 12.9. The molecule has 0 saturated carbocycles. The molecule has 6 heteroatoms. The minimum Gasteiger partial charge on any atom is -0.368 e. The Hall–Kier alpha value is -2.34. The lowest BCUT2D eigenvalue weighted by atomic mass is 10.2. The predicted molar refractivity (Wildman–Crippen MR) is 88.6 cm³/mol. The molecule has 1 aliphatic rings. The Kier molecular flexibility index (Phi) is 4.39. The van der Waals surface area contributed by atoms with E-state index >= 15 is 0 Å². The minimum absolute atomic E-state index is 0.109. The molecule has 22 heavy (non-hydrogen) atoms. The van der Waals surface area contributed by atoms with E-state index in [2.05, 4.69) is 10.2 Å². The van der Waals surface area contributed by atoms with Crippen LogP contribution in [0.15, 0.2) is 41.1 Å². The molecule has 0 spiro atoms. The van der Waals surface area contributed by atoms with Gasteiger partial charge in [0.15, 0.2) is 0 Å². The molecule has 3 rings (SSSR count). The number of carbonyl (C=O) groups is 2. The summed E-state index contributed by atoms with van der Waals surface area (Å²) in [5, 5.41) is 6.48. The lowest BCUT2D eigenvalue weighted by Crippen LogP contribution is -2.48. The first-order valence-corrected chi connectivity index (χ1v) is 8.09. The molecule has 0 aliphatic carbocycles. The third kappa shape index (κ3) is 3.12. The molecule has 0 unspecified atom stereocenters. The van der Waals surface area contributed by atoms with E-state index in [-0.39, 0.29) is 5.91 Å². The van der Waals surface area contributed by atoms with E-state index < -0.39 is 0 Å². The summed E-state index contributed by atoms with van der Waals surface area (Å²) in [6.45, 7) is 3.00. The SMILES string of the molecule is O=CNc1cccc(N2CCN(C(=O)c3ccsc3)CC2)c1. The quantitative estimate of drug-likeness (QED) is 0.881. The standard InChI is InChI=1S/C16H17N3O2S/c20-12-17-14-2-1-3-15(10-14)18-5-7-19(8-6-18)16(21)13-4-9-22-11-13/h1-4,9-12H,5-8H2,(H,17,20). The largest absolute Gasteiger partial charge is 0.368 e. The molecule has 2 heterocycles. The number of nitrogens with zero attached hydrogens (tertiary/aromatic N) is 2. The zero-order chi connectivity index (χ0) is 15.4. The van der Waals surface area contributed by atoms with Crippen LogP contribution >= 0.6 is 11.3 Å². The van der Waals surface area contributed by atoms with Crippen LogP contribution in [0.3, 0.4) is 0 Å². The van der Waals surface area contributed by atoms with E-state index in [1.54, 1.807) is 11.3 Å². The van der Waals surface area contributed by atoms with Crippen LogP contribution in [0.25, 0.3) is 0 Å². The Morgan fingerprint density at radius 2 is 2.00 bits per heavy atom. The molecule has 5 nitrogen and oxygen atoms in total. The average molecular weight is 315 g/mol. The molecule has 1 saturated heterocycles. The molecule has 0 bridgehead atoms. The fourth-order valence-corrected chi connectivity index (χ4v) is 3.23. The second-order valence-corrected chi connectivity index (χ2v) is 5.88. The van der Waals surface area contributed by atoms with E-state index in [0.717, 1.165) is 30.0 Å². The van der Waals surface area contributed by atoms with Crippen molar-refractivity contribution in [3.63, 3.8) is 0 Å².